The van der Waals surface area contributed by atoms with Gasteiger partial charge in [-0.15, -0.1) is 0 Å². The molecule has 0 aliphatic heterocycles. The number of rotatable bonds is 6. The van der Waals surface area contributed by atoms with Crippen LogP contribution < -0.4 is 20.1 Å². The topological polar surface area (TPSA) is 85.6 Å². The summed E-state index contributed by atoms with van der Waals surface area (Å²) in [6.07, 6.45) is 1.45. The summed E-state index contributed by atoms with van der Waals surface area (Å²) in [6, 6.07) is 8.38. The third kappa shape index (κ3) is 4.20. The van der Waals surface area contributed by atoms with E-state index in [4.69, 9.17) is 14.0 Å². The Labute approximate surface area is 115 Å². The molecule has 0 atom stereocenters. The minimum absolute atomic E-state index is 0.290. The van der Waals surface area contributed by atoms with E-state index in [2.05, 4.69) is 15.8 Å². The van der Waals surface area contributed by atoms with Crippen molar-refractivity contribution in [3.05, 3.63) is 36.5 Å². The van der Waals surface area contributed by atoms with E-state index >= 15 is 0 Å². The van der Waals surface area contributed by atoms with Crippen molar-refractivity contribution in [2.24, 2.45) is 0 Å². The highest BCUT2D eigenvalue weighted by atomic mass is 16.5. The summed E-state index contributed by atoms with van der Waals surface area (Å²) >= 11 is 0. The van der Waals surface area contributed by atoms with Gasteiger partial charge < -0.3 is 19.3 Å². The molecule has 0 aliphatic carbocycles. The molecule has 0 aliphatic rings. The Morgan fingerprint density at radius 2 is 2.00 bits per heavy atom. The second kappa shape index (κ2) is 7.03. The van der Waals surface area contributed by atoms with Gasteiger partial charge in [0.05, 0.1) is 19.9 Å². The van der Waals surface area contributed by atoms with Gasteiger partial charge in [0.2, 0.25) is 5.88 Å². The zero-order chi connectivity index (χ0) is 14.2. The average molecular weight is 277 g/mol. The Morgan fingerprint density at radius 3 is 2.65 bits per heavy atom. The van der Waals surface area contributed by atoms with E-state index in [1.807, 2.05) is 0 Å². The lowest BCUT2D eigenvalue weighted by Gasteiger charge is -2.08. The van der Waals surface area contributed by atoms with Crippen LogP contribution in [0.1, 0.15) is 0 Å². The number of nitrogens with one attached hydrogen (secondary N) is 2. The molecule has 0 bridgehead atoms. The average Bonchev–Trinajstić information content (AvgIpc) is 2.97. The number of hydrogen-bond acceptors (Lipinski definition) is 5. The number of methoxy groups -OCH3 is 1. The predicted molar refractivity (Wildman–Crippen MR) is 72.0 cm³/mol. The number of urea groups is 1. The van der Waals surface area contributed by atoms with Gasteiger partial charge in [-0.2, -0.15) is 0 Å². The van der Waals surface area contributed by atoms with E-state index in [1.165, 1.54) is 6.20 Å². The van der Waals surface area contributed by atoms with Gasteiger partial charge in [0.15, 0.2) is 0 Å². The minimum atomic E-state index is -0.375. The van der Waals surface area contributed by atoms with Crippen LogP contribution in [0.3, 0.4) is 0 Å². The highest BCUT2D eigenvalue weighted by Crippen LogP contribution is 2.16. The molecule has 7 heteroatoms. The maximum atomic E-state index is 11.4. The van der Waals surface area contributed by atoms with Crippen molar-refractivity contribution < 1.29 is 18.8 Å². The molecule has 7 nitrogen and oxygen atoms in total. The Balaban J connectivity index is 1.64. The van der Waals surface area contributed by atoms with E-state index in [1.54, 1.807) is 37.4 Å². The van der Waals surface area contributed by atoms with E-state index in [0.29, 0.717) is 24.8 Å². The zero-order valence-electron chi connectivity index (χ0n) is 11.0. The van der Waals surface area contributed by atoms with Crippen LogP contribution in [0.15, 0.2) is 41.1 Å². The quantitative estimate of drug-likeness (QED) is 0.787. The minimum Gasteiger partial charge on any atom is -0.497 e. The van der Waals surface area contributed by atoms with E-state index < -0.39 is 0 Å². The first-order chi connectivity index (χ1) is 9.78. The molecule has 1 heterocycles. The van der Waals surface area contributed by atoms with Crippen LogP contribution in [0, 0.1) is 0 Å². The van der Waals surface area contributed by atoms with E-state index in [9.17, 15) is 4.79 Å². The molecule has 0 radical (unpaired) electrons. The second-order valence-corrected chi connectivity index (χ2v) is 3.78. The maximum Gasteiger partial charge on any atom is 0.321 e. The van der Waals surface area contributed by atoms with Crippen LogP contribution >= 0.6 is 0 Å². The highest BCUT2D eigenvalue weighted by Gasteiger charge is 2.03. The number of benzene rings is 1. The van der Waals surface area contributed by atoms with E-state index in [0.717, 1.165) is 5.75 Å². The molecule has 0 saturated heterocycles. The molecule has 2 rings (SSSR count). The molecular formula is C13H15N3O4. The summed E-state index contributed by atoms with van der Waals surface area (Å²) in [6.45, 7) is 0.724. The number of ether oxygens (including phenoxy) is 2. The van der Waals surface area contributed by atoms with E-state index in [-0.39, 0.29) is 6.03 Å². The Bertz CT molecular complexity index is 525. The van der Waals surface area contributed by atoms with Crippen molar-refractivity contribution in [1.29, 1.82) is 0 Å². The number of hydrogen-bond donors (Lipinski definition) is 2. The Morgan fingerprint density at radius 1 is 1.25 bits per heavy atom. The molecule has 1 aromatic carbocycles. The maximum absolute atomic E-state index is 11.4. The number of aromatic nitrogens is 1. The van der Waals surface area contributed by atoms with Gasteiger partial charge in [0.25, 0.3) is 0 Å². The first-order valence-electron chi connectivity index (χ1n) is 6.00. The smallest absolute Gasteiger partial charge is 0.321 e. The fourth-order valence-corrected chi connectivity index (χ4v) is 1.44. The van der Waals surface area contributed by atoms with Gasteiger partial charge >= 0.3 is 6.03 Å². The molecule has 0 saturated carbocycles. The molecule has 1 aromatic heterocycles. The number of anilines is 1. The van der Waals surface area contributed by atoms with Crippen LogP contribution in [0.5, 0.6) is 11.5 Å². The van der Waals surface area contributed by atoms with Crippen LogP contribution in [-0.2, 0) is 0 Å². The SMILES string of the molecule is COc1ccc(OCCNC(=O)Nc2ccno2)cc1. The summed E-state index contributed by atoms with van der Waals surface area (Å²) in [5.41, 5.74) is 0. The highest BCUT2D eigenvalue weighted by molar-refractivity contribution is 5.87. The van der Waals surface area contributed by atoms with Crippen LogP contribution in [0.4, 0.5) is 10.7 Å². The van der Waals surface area contributed by atoms with Gasteiger partial charge in [0.1, 0.15) is 18.1 Å². The van der Waals surface area contributed by atoms with Gasteiger partial charge in [-0.05, 0) is 24.3 Å². The molecule has 0 spiro atoms. The third-order valence-corrected chi connectivity index (χ3v) is 2.39. The van der Waals surface area contributed by atoms with Crippen LogP contribution in [0.2, 0.25) is 0 Å². The normalized spacial score (nSPS) is 9.85. The van der Waals surface area contributed by atoms with Crippen LogP contribution in [0.25, 0.3) is 0 Å². The first-order valence-corrected chi connectivity index (χ1v) is 6.00. The lowest BCUT2D eigenvalue weighted by Crippen LogP contribution is -2.32. The summed E-state index contributed by atoms with van der Waals surface area (Å²) in [5.74, 6) is 1.77. The molecule has 106 valence electrons. The molecule has 0 unspecified atom stereocenters. The van der Waals surface area contributed by atoms with Crippen LogP contribution in [-0.4, -0.2) is 31.4 Å². The lowest BCUT2D eigenvalue weighted by molar-refractivity contribution is 0.246. The largest absolute Gasteiger partial charge is 0.497 e. The van der Waals surface area contributed by atoms with Gasteiger partial charge in [-0.1, -0.05) is 5.16 Å². The van der Waals surface area contributed by atoms with Crippen molar-refractivity contribution in [3.8, 4) is 11.5 Å². The van der Waals surface area contributed by atoms with Gasteiger partial charge in [-0.3, -0.25) is 5.32 Å². The molecule has 2 amide bonds. The molecular weight excluding hydrogens is 262 g/mol. The molecule has 20 heavy (non-hydrogen) atoms. The molecule has 2 aromatic rings. The summed E-state index contributed by atoms with van der Waals surface area (Å²) < 4.78 is 15.2. The monoisotopic (exact) mass is 277 g/mol. The predicted octanol–water partition coefficient (Wildman–Crippen LogP) is 1.88. The van der Waals surface area contributed by atoms with Gasteiger partial charge in [-0.25, -0.2) is 4.79 Å². The standard InChI is InChI=1S/C13H15N3O4/c1-18-10-2-4-11(5-3-10)19-9-8-14-13(17)16-12-6-7-15-20-12/h2-7H,8-9H2,1H3,(H2,14,16,17). The zero-order valence-corrected chi connectivity index (χ0v) is 11.0. The van der Waals surface area contributed by atoms with Crippen molar-refractivity contribution >= 4 is 11.9 Å². The van der Waals surface area contributed by atoms with Crippen molar-refractivity contribution in [2.45, 2.75) is 0 Å². The van der Waals surface area contributed by atoms with Crippen molar-refractivity contribution in [3.63, 3.8) is 0 Å². The fourth-order valence-electron chi connectivity index (χ4n) is 1.44. The Kier molecular flexibility index (Phi) is 4.82. The summed E-state index contributed by atoms with van der Waals surface area (Å²) in [4.78, 5) is 11.4. The number of carbonyl (C=O) groups excluding carboxylic acids is 1. The number of amides is 2. The summed E-state index contributed by atoms with van der Waals surface area (Å²) in [5, 5.41) is 8.58. The number of nitrogens with zero attached hydrogens (tertiary/aromatic N) is 1. The Hall–Kier alpha value is -2.70. The van der Waals surface area contributed by atoms with Crippen molar-refractivity contribution in [1.82, 2.24) is 10.5 Å². The lowest BCUT2D eigenvalue weighted by atomic mass is 10.3. The second-order valence-electron chi connectivity index (χ2n) is 3.78. The molecule has 2 N–H and O–H groups in total. The summed E-state index contributed by atoms with van der Waals surface area (Å²) in [7, 11) is 1.60. The molecule has 0 fully saturated rings. The third-order valence-electron chi connectivity index (χ3n) is 2.39. The number of carbonyl (C=O) groups is 1. The van der Waals surface area contributed by atoms with Gasteiger partial charge in [0, 0.05) is 6.07 Å². The van der Waals surface area contributed by atoms with Crippen molar-refractivity contribution in [2.75, 3.05) is 25.6 Å². The fraction of sp³-hybridized carbons (Fsp3) is 0.231. The first kappa shape index (κ1) is 13.7.